The standard InChI is InChI=1S/C51H66N4O31S3/c1-18(56)69-33-30(13-52-16-87)81-47(42(77-26(9)64)36(33)72-21(4)59)85-49-44(79-28(11)66)38(74-23(6)61)35(71-20(3)58)32(83-49)15-54-51(89)55-46(68)41-39(75-24(7)62)40(76-25(8)63)45(80-29(12)67)50(84-41)86-48-43(78-27(10)65)37(73-22(5)60)34(70-19(2)57)31(82-48)14-53-17-88/h30-50,68H,13-15H2,1-12H3,(H2,54,55,89)/t30-,31-,32-,33-,34-,35-,36+,37+,38+,39+,40+,41+,42-,43-,44-,45-,46?,47-,48-,49-,50-/m1/s1. The molecule has 4 heterocycles. The van der Waals surface area contributed by atoms with Gasteiger partial charge in [-0.1, -0.05) is 0 Å². The number of thiocarbonyl (C=S) groups is 3. The molecule has 0 bridgehead atoms. The molecule has 0 aromatic rings. The zero-order valence-electron chi connectivity index (χ0n) is 49.6. The van der Waals surface area contributed by atoms with Gasteiger partial charge in [0, 0.05) is 89.6 Å². The number of nitrogens with zero attached hydrogens (tertiary/aromatic N) is 2. The Balaban J connectivity index is 1.82. The van der Waals surface area contributed by atoms with Crippen molar-refractivity contribution in [3.8, 4) is 0 Å². The summed E-state index contributed by atoms with van der Waals surface area (Å²) < 4.78 is 104. The van der Waals surface area contributed by atoms with Crippen molar-refractivity contribution >= 4 is 124 Å². The molecular formula is C51H66N4O31S3. The Morgan fingerprint density at radius 1 is 0.382 bits per heavy atom. The topological polar surface area (TPSA) is 440 Å². The summed E-state index contributed by atoms with van der Waals surface area (Å²) in [7, 11) is 0. The molecule has 0 spiro atoms. The SMILES string of the molecule is CC(=O)O[C@@H]1[C@@H](OC(C)=O)[C@@H](O[C@H]2O[C@H](CN=C=S)[C@@H](OC(C)=O)[C@H](OC(C)=O)[C@H]2OC(C)=O)O[C@H](C(O)NC(=S)NC[C@H]2O[C@H](O[C@H]3O[C@H](CN=C=S)[C@@H](OC(C)=O)[C@H](OC(C)=O)[C@H]3OC(C)=O)[C@H](OC(C)=O)[C@@H](OC(C)=O)[C@@H]2OC(C)=O)[C@H]1OC(C)=O. The van der Waals surface area contributed by atoms with Crippen molar-refractivity contribution in [2.45, 2.75) is 212 Å². The predicted octanol–water partition coefficient (Wildman–Crippen LogP) is -1.91. The van der Waals surface area contributed by atoms with Gasteiger partial charge in [0.1, 0.15) is 24.4 Å². The van der Waals surface area contributed by atoms with Gasteiger partial charge < -0.3 is 101 Å². The minimum atomic E-state index is -2.27. The molecule has 4 saturated heterocycles. The second kappa shape index (κ2) is 34.6. The van der Waals surface area contributed by atoms with E-state index in [1.54, 1.807) is 0 Å². The van der Waals surface area contributed by atoms with Crippen LogP contribution in [0.25, 0.3) is 0 Å². The predicted molar refractivity (Wildman–Crippen MR) is 293 cm³/mol. The van der Waals surface area contributed by atoms with Gasteiger partial charge in [0.05, 0.1) is 23.4 Å². The van der Waals surface area contributed by atoms with Crippen molar-refractivity contribution in [2.24, 2.45) is 9.98 Å². The van der Waals surface area contributed by atoms with Crippen LogP contribution in [-0.4, -0.2) is 241 Å². The lowest BCUT2D eigenvalue weighted by Crippen LogP contribution is -2.69. The Hall–Kier alpha value is -7.35. The number of rotatable bonds is 24. The number of aliphatic hydroxyl groups is 1. The van der Waals surface area contributed by atoms with Crippen LogP contribution in [0.4, 0.5) is 0 Å². The molecule has 89 heavy (non-hydrogen) atoms. The molecule has 4 aliphatic rings. The Morgan fingerprint density at radius 2 is 0.618 bits per heavy atom. The summed E-state index contributed by atoms with van der Waals surface area (Å²) in [6.45, 7) is 9.83. The number of aliphatic imine (C=N–C) groups is 2. The Kier molecular flexibility index (Phi) is 28.8. The van der Waals surface area contributed by atoms with Crippen LogP contribution < -0.4 is 10.6 Å². The summed E-state index contributed by atoms with van der Waals surface area (Å²) in [4.78, 5) is 160. The van der Waals surface area contributed by atoms with Gasteiger partial charge in [-0.05, 0) is 36.7 Å². The van der Waals surface area contributed by atoms with E-state index in [2.05, 4.69) is 30.9 Å². The molecule has 4 rings (SSSR count). The Morgan fingerprint density at radius 3 is 0.910 bits per heavy atom. The third-order valence-electron chi connectivity index (χ3n) is 12.2. The summed E-state index contributed by atoms with van der Waals surface area (Å²) in [5, 5.41) is 20.9. The van der Waals surface area contributed by atoms with Gasteiger partial charge in [-0.15, -0.1) is 0 Å². The fraction of sp³-hybridized carbons (Fsp3) is 0.706. The number of hydrogen-bond acceptors (Lipinski definition) is 36. The van der Waals surface area contributed by atoms with E-state index in [0.717, 1.165) is 83.1 Å². The average Bonchev–Trinajstić information content (AvgIpc) is 0.845. The summed E-state index contributed by atoms with van der Waals surface area (Å²) >= 11 is 15.0. The van der Waals surface area contributed by atoms with E-state index < -0.39 is 225 Å². The highest BCUT2D eigenvalue weighted by Gasteiger charge is 2.60. The zero-order valence-corrected chi connectivity index (χ0v) is 52.0. The first-order valence-corrected chi connectivity index (χ1v) is 27.8. The number of nitrogens with one attached hydrogen (secondary N) is 2. The van der Waals surface area contributed by atoms with E-state index in [1.165, 1.54) is 0 Å². The first kappa shape index (κ1) is 74.1. The van der Waals surface area contributed by atoms with Crippen LogP contribution in [0.2, 0.25) is 0 Å². The number of esters is 12. The largest absolute Gasteiger partial charge is 0.456 e. The minimum Gasteiger partial charge on any atom is -0.456 e. The quantitative estimate of drug-likeness (QED) is 0.0312. The number of ether oxygens (including phenoxy) is 18. The van der Waals surface area contributed by atoms with Crippen LogP contribution in [0, 0.1) is 0 Å². The van der Waals surface area contributed by atoms with E-state index in [1.807, 2.05) is 0 Å². The first-order chi connectivity index (χ1) is 41.7. The highest BCUT2D eigenvalue weighted by molar-refractivity contribution is 7.80. The van der Waals surface area contributed by atoms with E-state index in [9.17, 15) is 62.6 Å². The summed E-state index contributed by atoms with van der Waals surface area (Å²) in [6.07, 6.45) is -39.0. The van der Waals surface area contributed by atoms with Crippen LogP contribution in [0.15, 0.2) is 9.98 Å². The van der Waals surface area contributed by atoms with Crippen molar-refractivity contribution < 1.29 is 148 Å². The Labute approximate surface area is 522 Å². The fourth-order valence-corrected chi connectivity index (χ4v) is 9.85. The molecule has 0 saturated carbocycles. The molecule has 494 valence electrons. The zero-order chi connectivity index (χ0) is 66.7. The lowest BCUT2D eigenvalue weighted by atomic mass is 9.95. The highest BCUT2D eigenvalue weighted by atomic mass is 32.1. The third kappa shape index (κ3) is 22.3. The van der Waals surface area contributed by atoms with Crippen molar-refractivity contribution in [1.29, 1.82) is 0 Å². The molecule has 21 atom stereocenters. The molecule has 38 heteroatoms. The van der Waals surface area contributed by atoms with Gasteiger partial charge in [-0.25, -0.2) is 9.98 Å². The molecule has 3 N–H and O–H groups in total. The Bertz CT molecular complexity index is 2750. The van der Waals surface area contributed by atoms with Crippen LogP contribution in [0.3, 0.4) is 0 Å². The molecule has 1 unspecified atom stereocenters. The number of hydrogen-bond donors (Lipinski definition) is 3. The van der Waals surface area contributed by atoms with Crippen LogP contribution in [-0.2, 0) is 143 Å². The normalized spacial score (nSPS) is 31.6. The number of carbonyl (C=O) groups is 12. The van der Waals surface area contributed by atoms with Crippen LogP contribution in [0.1, 0.15) is 83.1 Å². The van der Waals surface area contributed by atoms with Crippen molar-refractivity contribution in [3.05, 3.63) is 0 Å². The average molecular weight is 1330 g/mol. The molecule has 0 aliphatic carbocycles. The smallest absolute Gasteiger partial charge is 0.303 e. The molecule has 0 aromatic heterocycles. The fourth-order valence-electron chi connectivity index (χ4n) is 9.50. The van der Waals surface area contributed by atoms with E-state index in [-0.39, 0.29) is 0 Å². The van der Waals surface area contributed by atoms with Gasteiger partial charge in [0.2, 0.25) is 25.2 Å². The van der Waals surface area contributed by atoms with E-state index >= 15 is 0 Å². The van der Waals surface area contributed by atoms with Gasteiger partial charge in [0.25, 0.3) is 0 Å². The first-order valence-electron chi connectivity index (χ1n) is 26.5. The van der Waals surface area contributed by atoms with Gasteiger partial charge in [-0.2, -0.15) is 0 Å². The maximum Gasteiger partial charge on any atom is 0.303 e. The van der Waals surface area contributed by atoms with Crippen LogP contribution in [0.5, 0.6) is 0 Å². The lowest BCUT2D eigenvalue weighted by Gasteiger charge is -2.48. The maximum atomic E-state index is 12.9. The summed E-state index contributed by atoms with van der Waals surface area (Å²) in [6, 6.07) is 0. The van der Waals surface area contributed by atoms with E-state index in [0.29, 0.717) is 0 Å². The van der Waals surface area contributed by atoms with Crippen molar-refractivity contribution in [2.75, 3.05) is 19.6 Å². The van der Waals surface area contributed by atoms with Gasteiger partial charge >= 0.3 is 71.6 Å². The molecule has 0 radical (unpaired) electrons. The molecular weight excluding hydrogens is 1260 g/mol. The highest BCUT2D eigenvalue weighted by Crippen LogP contribution is 2.38. The van der Waals surface area contributed by atoms with Crippen molar-refractivity contribution in [1.82, 2.24) is 10.6 Å². The maximum absolute atomic E-state index is 12.9. The summed E-state index contributed by atoms with van der Waals surface area (Å²) in [5.41, 5.74) is 0. The number of aliphatic hydroxyl groups excluding tert-OH is 1. The molecule has 4 aliphatic heterocycles. The molecule has 4 fully saturated rings. The minimum absolute atomic E-state index is 0.453. The van der Waals surface area contributed by atoms with E-state index in [4.69, 9.17) is 122 Å². The summed E-state index contributed by atoms with van der Waals surface area (Å²) in [5.74, 6) is -12.3. The molecule has 0 amide bonds. The second-order valence-corrected chi connectivity index (χ2v) is 20.2. The molecule has 0 aromatic carbocycles. The monoisotopic (exact) mass is 1330 g/mol. The van der Waals surface area contributed by atoms with Gasteiger partial charge in [-0.3, -0.25) is 57.5 Å². The van der Waals surface area contributed by atoms with Crippen LogP contribution >= 0.6 is 36.7 Å². The third-order valence-corrected chi connectivity index (χ3v) is 12.7. The molecule has 35 nitrogen and oxygen atoms in total. The number of carbonyl (C=O) groups excluding carboxylic acids is 12. The second-order valence-electron chi connectivity index (χ2n) is 19.4. The van der Waals surface area contributed by atoms with Crippen molar-refractivity contribution in [3.63, 3.8) is 0 Å². The lowest BCUT2D eigenvalue weighted by molar-refractivity contribution is -0.379. The van der Waals surface area contributed by atoms with Gasteiger partial charge in [0.15, 0.2) is 84.6 Å². The number of isothiocyanates is 2.